The number of unbranched alkanes of at least 4 members (excludes halogenated alkanes) is 8. The van der Waals surface area contributed by atoms with Gasteiger partial charge >= 0.3 is 0 Å². The van der Waals surface area contributed by atoms with Crippen molar-refractivity contribution in [1.29, 1.82) is 0 Å². The summed E-state index contributed by atoms with van der Waals surface area (Å²) in [5, 5.41) is 5.39. The molecular weight excluding hydrogens is 400 g/mol. The number of benzene rings is 1. The van der Waals surface area contributed by atoms with Gasteiger partial charge in [-0.05, 0) is 56.2 Å². The zero-order valence-corrected chi connectivity index (χ0v) is 20.4. The molecule has 0 aliphatic heterocycles. The summed E-state index contributed by atoms with van der Waals surface area (Å²) in [5.74, 6) is 0.811. The molecule has 1 heterocycles. The van der Waals surface area contributed by atoms with E-state index in [0.717, 1.165) is 17.8 Å². The molecule has 0 spiro atoms. The van der Waals surface area contributed by atoms with Crippen LogP contribution in [0.2, 0.25) is 0 Å². The van der Waals surface area contributed by atoms with E-state index in [0.29, 0.717) is 12.1 Å². The number of nitrogens with one attached hydrogen (secondary N) is 1. The molecular formula is C28H43ClN2. The SMILES string of the molecule is CCCCCCCC(CCCCCCCCl)NC1CCCc2nc3ccccc3cc21. The van der Waals surface area contributed by atoms with Crippen LogP contribution >= 0.6 is 11.6 Å². The Kier molecular flexibility index (Phi) is 11.2. The van der Waals surface area contributed by atoms with E-state index in [-0.39, 0.29) is 0 Å². The molecule has 172 valence electrons. The summed E-state index contributed by atoms with van der Waals surface area (Å²) >= 11 is 5.83. The van der Waals surface area contributed by atoms with Gasteiger partial charge in [-0.25, -0.2) is 0 Å². The minimum Gasteiger partial charge on any atom is -0.307 e. The van der Waals surface area contributed by atoms with Gasteiger partial charge in [0.05, 0.1) is 5.52 Å². The van der Waals surface area contributed by atoms with Crippen molar-refractivity contribution in [3.63, 3.8) is 0 Å². The number of halogens is 1. The molecule has 1 aromatic heterocycles. The summed E-state index contributed by atoms with van der Waals surface area (Å²) in [6, 6.07) is 12.1. The molecule has 0 radical (unpaired) electrons. The van der Waals surface area contributed by atoms with E-state index in [2.05, 4.69) is 42.6 Å². The van der Waals surface area contributed by atoms with Crippen LogP contribution in [0.15, 0.2) is 30.3 Å². The molecule has 3 heteroatoms. The van der Waals surface area contributed by atoms with Crippen LogP contribution < -0.4 is 5.32 Å². The van der Waals surface area contributed by atoms with Crippen molar-refractivity contribution in [2.24, 2.45) is 0 Å². The summed E-state index contributed by atoms with van der Waals surface area (Å²) in [4.78, 5) is 5.02. The van der Waals surface area contributed by atoms with E-state index in [9.17, 15) is 0 Å². The number of alkyl halides is 1. The first-order valence-electron chi connectivity index (χ1n) is 13.0. The largest absolute Gasteiger partial charge is 0.307 e. The third-order valence-corrected chi connectivity index (χ3v) is 7.16. The highest BCUT2D eigenvalue weighted by Gasteiger charge is 2.24. The van der Waals surface area contributed by atoms with Crippen LogP contribution in [0.1, 0.15) is 114 Å². The molecule has 0 fully saturated rings. The molecule has 1 N–H and O–H groups in total. The summed E-state index contributed by atoms with van der Waals surface area (Å²) < 4.78 is 0. The quantitative estimate of drug-likeness (QED) is 0.221. The average molecular weight is 443 g/mol. The first kappa shape index (κ1) is 24.5. The van der Waals surface area contributed by atoms with Crippen molar-refractivity contribution in [3.05, 3.63) is 41.6 Å². The van der Waals surface area contributed by atoms with Crippen molar-refractivity contribution >= 4 is 22.5 Å². The van der Waals surface area contributed by atoms with Gasteiger partial charge in [-0.15, -0.1) is 11.6 Å². The highest BCUT2D eigenvalue weighted by Crippen LogP contribution is 2.32. The maximum atomic E-state index is 5.83. The molecule has 0 saturated heterocycles. The second-order valence-electron chi connectivity index (χ2n) is 9.47. The molecule has 2 atom stereocenters. The second-order valence-corrected chi connectivity index (χ2v) is 9.85. The lowest BCUT2D eigenvalue weighted by molar-refractivity contribution is 0.345. The molecule has 3 rings (SSSR count). The number of pyridine rings is 1. The highest BCUT2D eigenvalue weighted by molar-refractivity contribution is 6.17. The van der Waals surface area contributed by atoms with Gasteiger partial charge in [0, 0.05) is 29.0 Å². The van der Waals surface area contributed by atoms with Crippen LogP contribution in [0.4, 0.5) is 0 Å². The Morgan fingerprint density at radius 2 is 1.68 bits per heavy atom. The molecule has 0 bridgehead atoms. The minimum atomic E-state index is 0.470. The summed E-state index contributed by atoms with van der Waals surface area (Å²) in [6.45, 7) is 2.30. The standard InChI is InChI=1S/C28H43ClN2/c1-2-3-4-6-9-16-24(17-10-7-5-8-13-21-29)30-27-19-14-20-28-25(27)22-23-15-11-12-18-26(23)31-28/h11-12,15,18,22,24,27,30H,2-10,13-14,16-17,19-21H2,1H3. The smallest absolute Gasteiger partial charge is 0.0705 e. The summed E-state index contributed by atoms with van der Waals surface area (Å²) in [5.41, 5.74) is 3.93. The van der Waals surface area contributed by atoms with E-state index in [1.807, 2.05) is 0 Å². The van der Waals surface area contributed by atoms with E-state index in [1.54, 1.807) is 0 Å². The number of para-hydroxylation sites is 1. The topological polar surface area (TPSA) is 24.9 Å². The van der Waals surface area contributed by atoms with E-state index in [4.69, 9.17) is 16.6 Å². The van der Waals surface area contributed by atoms with E-state index >= 15 is 0 Å². The van der Waals surface area contributed by atoms with E-state index < -0.39 is 0 Å². The van der Waals surface area contributed by atoms with Crippen LogP contribution in [0.25, 0.3) is 10.9 Å². The second kappa shape index (κ2) is 14.1. The van der Waals surface area contributed by atoms with Crippen LogP contribution in [0.5, 0.6) is 0 Å². The maximum Gasteiger partial charge on any atom is 0.0705 e. The number of rotatable bonds is 15. The van der Waals surface area contributed by atoms with Gasteiger partial charge in [0.1, 0.15) is 0 Å². The molecule has 31 heavy (non-hydrogen) atoms. The summed E-state index contributed by atoms with van der Waals surface area (Å²) in [7, 11) is 0. The van der Waals surface area contributed by atoms with Gasteiger partial charge in [-0.2, -0.15) is 0 Å². The highest BCUT2D eigenvalue weighted by atomic mass is 35.5. The third-order valence-electron chi connectivity index (χ3n) is 6.90. The zero-order chi connectivity index (χ0) is 21.7. The van der Waals surface area contributed by atoms with E-state index in [1.165, 1.54) is 107 Å². The Morgan fingerprint density at radius 1 is 0.968 bits per heavy atom. The maximum absolute atomic E-state index is 5.83. The van der Waals surface area contributed by atoms with Gasteiger partial charge in [-0.3, -0.25) is 4.98 Å². The van der Waals surface area contributed by atoms with Crippen molar-refractivity contribution in [1.82, 2.24) is 10.3 Å². The van der Waals surface area contributed by atoms with Gasteiger partial charge in [0.15, 0.2) is 0 Å². The van der Waals surface area contributed by atoms with Crippen molar-refractivity contribution in [2.75, 3.05) is 5.88 Å². The Morgan fingerprint density at radius 3 is 2.45 bits per heavy atom. The fourth-order valence-corrected chi connectivity index (χ4v) is 5.27. The van der Waals surface area contributed by atoms with Gasteiger partial charge in [0.25, 0.3) is 0 Å². The Balaban J connectivity index is 1.60. The average Bonchev–Trinajstić information content (AvgIpc) is 2.80. The monoisotopic (exact) mass is 442 g/mol. The lowest BCUT2D eigenvalue weighted by Crippen LogP contribution is -2.35. The molecule has 2 unspecified atom stereocenters. The Hall–Kier alpha value is -1.12. The molecule has 1 aliphatic carbocycles. The van der Waals surface area contributed by atoms with Gasteiger partial charge in [-0.1, -0.05) is 82.9 Å². The minimum absolute atomic E-state index is 0.470. The fraction of sp³-hybridized carbons (Fsp3) is 0.679. The van der Waals surface area contributed by atoms with Crippen LogP contribution in [0, 0.1) is 0 Å². The predicted octanol–water partition coefficient (Wildman–Crippen LogP) is 8.51. The molecule has 0 saturated carbocycles. The number of nitrogens with zero attached hydrogens (tertiary/aromatic N) is 1. The normalized spacial score (nSPS) is 17.0. The lowest BCUT2D eigenvalue weighted by atomic mass is 9.88. The van der Waals surface area contributed by atoms with Crippen LogP contribution in [0.3, 0.4) is 0 Å². The number of aryl methyl sites for hydroxylation is 1. The fourth-order valence-electron chi connectivity index (χ4n) is 5.08. The number of aromatic nitrogens is 1. The number of hydrogen-bond donors (Lipinski definition) is 1. The Labute approximate surface area is 195 Å². The van der Waals surface area contributed by atoms with Crippen LogP contribution in [-0.2, 0) is 6.42 Å². The third kappa shape index (κ3) is 8.06. The lowest BCUT2D eigenvalue weighted by Gasteiger charge is -2.31. The zero-order valence-electron chi connectivity index (χ0n) is 19.7. The van der Waals surface area contributed by atoms with Crippen molar-refractivity contribution < 1.29 is 0 Å². The molecule has 0 amide bonds. The number of hydrogen-bond acceptors (Lipinski definition) is 2. The first-order chi connectivity index (χ1) is 15.3. The van der Waals surface area contributed by atoms with Gasteiger partial charge < -0.3 is 5.32 Å². The van der Waals surface area contributed by atoms with Crippen LogP contribution in [-0.4, -0.2) is 16.9 Å². The molecule has 2 aromatic rings. The molecule has 1 aromatic carbocycles. The molecule has 1 aliphatic rings. The van der Waals surface area contributed by atoms with Crippen molar-refractivity contribution in [2.45, 2.75) is 115 Å². The van der Waals surface area contributed by atoms with Gasteiger partial charge in [0.2, 0.25) is 0 Å². The number of fused-ring (bicyclic) bond motifs is 2. The molecule has 2 nitrogen and oxygen atoms in total. The Bertz CT molecular complexity index is 760. The predicted molar refractivity (Wildman–Crippen MR) is 136 cm³/mol. The summed E-state index contributed by atoms with van der Waals surface area (Å²) in [6.07, 6.45) is 19.6. The first-order valence-corrected chi connectivity index (χ1v) is 13.6. The van der Waals surface area contributed by atoms with Crippen molar-refractivity contribution in [3.8, 4) is 0 Å².